The Hall–Kier alpha value is -3.17. The van der Waals surface area contributed by atoms with E-state index in [2.05, 4.69) is 20.6 Å². The first-order chi connectivity index (χ1) is 14.9. The van der Waals surface area contributed by atoms with Crippen molar-refractivity contribution in [1.82, 2.24) is 20.0 Å². The van der Waals surface area contributed by atoms with Crippen molar-refractivity contribution >= 4 is 17.9 Å². The number of carbonyl (C=O) groups excluding carboxylic acids is 1. The lowest BCUT2D eigenvalue weighted by molar-refractivity contribution is -0.143. The maximum Gasteiger partial charge on any atom is 0.412 e. The second-order valence-electron chi connectivity index (χ2n) is 7.61. The fourth-order valence-electron chi connectivity index (χ4n) is 3.63. The van der Waals surface area contributed by atoms with Crippen LogP contribution in [0.15, 0.2) is 12.1 Å². The highest BCUT2D eigenvalue weighted by atomic mass is 16.5. The number of aliphatic carboxylic acids is 1. The molecule has 2 atom stereocenters. The summed E-state index contributed by atoms with van der Waals surface area (Å²) >= 11 is 0. The molecule has 10 nitrogen and oxygen atoms in total. The van der Waals surface area contributed by atoms with Gasteiger partial charge in [0.25, 0.3) is 0 Å². The molecule has 0 aliphatic heterocycles. The van der Waals surface area contributed by atoms with E-state index >= 15 is 0 Å². The number of rotatable bonds is 8. The van der Waals surface area contributed by atoms with Crippen LogP contribution in [-0.4, -0.2) is 49.9 Å². The average molecular weight is 431 g/mol. The van der Waals surface area contributed by atoms with Crippen molar-refractivity contribution in [2.45, 2.75) is 58.5 Å². The van der Waals surface area contributed by atoms with E-state index in [4.69, 9.17) is 9.47 Å². The van der Waals surface area contributed by atoms with Crippen LogP contribution in [0, 0.1) is 5.92 Å². The third-order valence-electron chi connectivity index (χ3n) is 5.26. The van der Waals surface area contributed by atoms with E-state index in [1.165, 1.54) is 4.68 Å². The van der Waals surface area contributed by atoms with Crippen molar-refractivity contribution in [3.05, 3.63) is 17.8 Å². The summed E-state index contributed by atoms with van der Waals surface area (Å²) in [6.07, 6.45) is 3.48. The quantitative estimate of drug-likeness (QED) is 0.650. The van der Waals surface area contributed by atoms with Crippen molar-refractivity contribution in [3.8, 4) is 17.1 Å². The Morgan fingerprint density at radius 2 is 2.10 bits per heavy atom. The number of hydrogen-bond acceptors (Lipinski definition) is 7. The van der Waals surface area contributed by atoms with Gasteiger partial charge in [-0.15, -0.1) is 5.10 Å². The number of hydrogen-bond donors (Lipinski definition) is 2. The maximum absolute atomic E-state index is 12.0. The number of anilines is 1. The number of amides is 1. The van der Waals surface area contributed by atoms with Gasteiger partial charge in [-0.3, -0.25) is 10.1 Å². The number of nitrogens with one attached hydrogen (secondary N) is 1. The van der Waals surface area contributed by atoms with Gasteiger partial charge in [-0.1, -0.05) is 19.1 Å². The van der Waals surface area contributed by atoms with Crippen molar-refractivity contribution in [2.24, 2.45) is 13.0 Å². The fraction of sp³-hybridized carbons (Fsp3) is 0.571. The molecule has 1 saturated carbocycles. The number of aryl methyl sites for hydroxylation is 2. The first kappa shape index (κ1) is 22.5. The molecule has 3 rings (SSSR count). The van der Waals surface area contributed by atoms with Gasteiger partial charge in [-0.2, -0.15) is 0 Å². The lowest BCUT2D eigenvalue weighted by Crippen LogP contribution is -2.29. The molecule has 0 saturated heterocycles. The number of nitrogens with zero attached hydrogens (tertiary/aromatic N) is 4. The van der Waals surface area contributed by atoms with E-state index in [1.54, 1.807) is 13.1 Å². The zero-order valence-corrected chi connectivity index (χ0v) is 18.1. The minimum absolute atomic E-state index is 0.144. The highest BCUT2D eigenvalue weighted by Crippen LogP contribution is 2.31. The smallest absolute Gasteiger partial charge is 0.412 e. The second-order valence-corrected chi connectivity index (χ2v) is 7.61. The summed E-state index contributed by atoms with van der Waals surface area (Å²) in [7, 11) is 1.67. The minimum atomic E-state index is -0.766. The van der Waals surface area contributed by atoms with E-state index < -0.39 is 12.1 Å². The highest BCUT2D eigenvalue weighted by molar-refractivity contribution is 5.88. The summed E-state index contributed by atoms with van der Waals surface area (Å²) in [5, 5.41) is 20.1. The van der Waals surface area contributed by atoms with Crippen LogP contribution in [0.5, 0.6) is 5.75 Å². The number of aromatic nitrogens is 4. The lowest BCUT2D eigenvalue weighted by Gasteiger charge is -2.28. The Labute approximate surface area is 181 Å². The summed E-state index contributed by atoms with van der Waals surface area (Å²) in [6, 6.07) is 3.58. The van der Waals surface area contributed by atoms with Crippen LogP contribution in [0.2, 0.25) is 0 Å². The van der Waals surface area contributed by atoms with Crippen LogP contribution < -0.4 is 10.1 Å². The Bertz CT molecular complexity index is 929. The molecule has 31 heavy (non-hydrogen) atoms. The minimum Gasteiger partial charge on any atom is -0.488 e. The Morgan fingerprint density at radius 1 is 1.29 bits per heavy atom. The first-order valence-electron chi connectivity index (χ1n) is 10.7. The molecule has 10 heteroatoms. The number of pyridine rings is 1. The average Bonchev–Trinajstić information content (AvgIpc) is 3.12. The highest BCUT2D eigenvalue weighted by Gasteiger charge is 2.29. The molecule has 2 heterocycles. The summed E-state index contributed by atoms with van der Waals surface area (Å²) in [5.41, 5.74) is 1.72. The predicted molar refractivity (Wildman–Crippen MR) is 113 cm³/mol. The monoisotopic (exact) mass is 431 g/mol. The first-order valence-corrected chi connectivity index (χ1v) is 10.7. The summed E-state index contributed by atoms with van der Waals surface area (Å²) in [4.78, 5) is 28.0. The predicted octanol–water partition coefficient (Wildman–Crippen LogP) is 3.42. The van der Waals surface area contributed by atoms with Gasteiger partial charge in [-0.05, 0) is 50.7 Å². The Morgan fingerprint density at radius 3 is 2.81 bits per heavy atom. The molecule has 1 aliphatic rings. The fourth-order valence-corrected chi connectivity index (χ4v) is 3.63. The number of carbonyl (C=O) groups is 2. The molecule has 1 fully saturated rings. The summed E-state index contributed by atoms with van der Waals surface area (Å²) < 4.78 is 12.7. The molecule has 0 aromatic carbocycles. The third kappa shape index (κ3) is 5.50. The molecule has 1 amide bonds. The number of carboxylic acid groups (broad SMARTS) is 1. The van der Waals surface area contributed by atoms with Crippen LogP contribution in [0.4, 0.5) is 10.6 Å². The summed E-state index contributed by atoms with van der Waals surface area (Å²) in [5.74, 6) is -0.0988. The van der Waals surface area contributed by atoms with Crippen LogP contribution in [0.25, 0.3) is 11.4 Å². The molecule has 2 aromatic rings. The van der Waals surface area contributed by atoms with Gasteiger partial charge in [0.1, 0.15) is 5.75 Å². The van der Waals surface area contributed by atoms with Crippen molar-refractivity contribution < 1.29 is 24.2 Å². The van der Waals surface area contributed by atoms with Crippen molar-refractivity contribution in [1.29, 1.82) is 0 Å². The number of carboxylic acids is 1. The molecule has 2 N–H and O–H groups in total. The molecule has 2 aromatic heterocycles. The maximum atomic E-state index is 12.0. The van der Waals surface area contributed by atoms with Crippen molar-refractivity contribution in [3.63, 3.8) is 0 Å². The standard InChI is InChI=1S/C21H29N5O5/c1-4-11-30-21(29)23-19-18(24-25-26(19)3)16-9-10-17(15(5-2)22-16)31-14-8-6-7-13(12-14)20(27)28/h9-10,13-14H,4-8,11-12H2,1-3H3,(H,23,29)(H,27,28)/t13-,14-/m0/s1. The zero-order valence-electron chi connectivity index (χ0n) is 18.1. The zero-order chi connectivity index (χ0) is 22.4. The van der Waals surface area contributed by atoms with Crippen LogP contribution in [0.3, 0.4) is 0 Å². The SMILES string of the molecule is CCCOC(=O)Nc1c(-c2ccc(O[C@H]3CCC[C@H](C(=O)O)C3)c(CC)n2)nnn1C. The van der Waals surface area contributed by atoms with Crippen molar-refractivity contribution in [2.75, 3.05) is 11.9 Å². The van der Waals surface area contributed by atoms with Gasteiger partial charge in [0.15, 0.2) is 11.5 Å². The van der Waals surface area contributed by atoms with E-state index in [0.717, 1.165) is 25.0 Å². The van der Waals surface area contributed by atoms with Gasteiger partial charge in [-0.25, -0.2) is 14.5 Å². The van der Waals surface area contributed by atoms with E-state index in [9.17, 15) is 14.7 Å². The Balaban J connectivity index is 1.79. The molecular formula is C21H29N5O5. The molecule has 0 radical (unpaired) electrons. The van der Waals surface area contributed by atoms with Crippen LogP contribution in [0.1, 0.15) is 51.6 Å². The molecule has 1 aliphatic carbocycles. The molecule has 0 unspecified atom stereocenters. The number of ether oxygens (including phenoxy) is 2. The van der Waals surface area contributed by atoms with Gasteiger partial charge in [0.2, 0.25) is 0 Å². The Kier molecular flexibility index (Phi) is 7.43. The van der Waals surface area contributed by atoms with Gasteiger partial charge in [0, 0.05) is 7.05 Å². The third-order valence-corrected chi connectivity index (χ3v) is 5.26. The van der Waals surface area contributed by atoms with Crippen LogP contribution >= 0.6 is 0 Å². The van der Waals surface area contributed by atoms with Gasteiger partial charge < -0.3 is 14.6 Å². The van der Waals surface area contributed by atoms with E-state index in [-0.39, 0.29) is 12.0 Å². The summed E-state index contributed by atoms with van der Waals surface area (Å²) in [6.45, 7) is 4.21. The lowest BCUT2D eigenvalue weighted by atomic mass is 9.87. The largest absolute Gasteiger partial charge is 0.488 e. The van der Waals surface area contributed by atoms with E-state index in [0.29, 0.717) is 48.8 Å². The molecule has 168 valence electrons. The topological polar surface area (TPSA) is 128 Å². The van der Waals surface area contributed by atoms with Crippen LogP contribution in [-0.2, 0) is 23.0 Å². The molecule has 0 spiro atoms. The second kappa shape index (κ2) is 10.2. The molecular weight excluding hydrogens is 402 g/mol. The molecule has 0 bridgehead atoms. The van der Waals surface area contributed by atoms with E-state index in [1.807, 2.05) is 19.9 Å². The van der Waals surface area contributed by atoms with Gasteiger partial charge >= 0.3 is 12.1 Å². The normalized spacial score (nSPS) is 18.4. The van der Waals surface area contributed by atoms with Gasteiger partial charge in [0.05, 0.1) is 30.0 Å².